The maximum Gasteiger partial charge on any atom is 0.308 e. The monoisotopic (exact) mass is 444 g/mol. The molecule has 0 aliphatic heterocycles. The Bertz CT molecular complexity index is 1040. The molecule has 6 nitrogen and oxygen atoms in total. The van der Waals surface area contributed by atoms with Gasteiger partial charge >= 0.3 is 5.97 Å². The van der Waals surface area contributed by atoms with E-state index in [-0.39, 0.29) is 37.2 Å². The van der Waals surface area contributed by atoms with Crippen LogP contribution in [0.5, 0.6) is 0 Å². The third kappa shape index (κ3) is 7.31. The van der Waals surface area contributed by atoms with Gasteiger partial charge in [-0.25, -0.2) is 0 Å². The lowest BCUT2D eigenvalue weighted by molar-refractivity contribution is -0.143. The lowest BCUT2D eigenvalue weighted by atomic mass is 10.0. The molecule has 3 aromatic rings. The first-order valence-electron chi connectivity index (χ1n) is 11.0. The largest absolute Gasteiger partial charge is 0.466 e. The van der Waals surface area contributed by atoms with E-state index in [2.05, 4.69) is 10.6 Å². The van der Waals surface area contributed by atoms with E-state index < -0.39 is 12.1 Å². The van der Waals surface area contributed by atoms with Gasteiger partial charge in [-0.1, -0.05) is 78.9 Å². The van der Waals surface area contributed by atoms with E-state index in [0.717, 1.165) is 11.1 Å². The van der Waals surface area contributed by atoms with Crippen LogP contribution in [0.2, 0.25) is 0 Å². The van der Waals surface area contributed by atoms with E-state index in [1.54, 1.807) is 31.2 Å². The van der Waals surface area contributed by atoms with Crippen LogP contribution in [0.4, 0.5) is 0 Å². The van der Waals surface area contributed by atoms with E-state index in [1.165, 1.54) is 0 Å². The minimum absolute atomic E-state index is 0.0226. The second kappa shape index (κ2) is 12.2. The Hall–Kier alpha value is -3.93. The number of hydrogen-bond donors (Lipinski definition) is 2. The van der Waals surface area contributed by atoms with E-state index in [1.807, 2.05) is 66.7 Å². The zero-order chi connectivity index (χ0) is 23.5. The quantitative estimate of drug-likeness (QED) is 0.455. The topological polar surface area (TPSA) is 84.5 Å². The smallest absolute Gasteiger partial charge is 0.308 e. The van der Waals surface area contributed by atoms with Gasteiger partial charge < -0.3 is 15.4 Å². The first-order valence-corrected chi connectivity index (χ1v) is 11.0. The van der Waals surface area contributed by atoms with E-state index in [4.69, 9.17) is 4.74 Å². The molecule has 0 aliphatic carbocycles. The van der Waals surface area contributed by atoms with Crippen LogP contribution in [0.25, 0.3) is 0 Å². The van der Waals surface area contributed by atoms with Gasteiger partial charge in [0.1, 0.15) is 0 Å². The van der Waals surface area contributed by atoms with Crippen LogP contribution in [-0.2, 0) is 14.3 Å². The number of amides is 2. The second-order valence-electron chi connectivity index (χ2n) is 7.55. The van der Waals surface area contributed by atoms with Crippen molar-refractivity contribution >= 4 is 17.8 Å². The summed E-state index contributed by atoms with van der Waals surface area (Å²) in [6, 6.07) is 26.5. The number of esters is 1. The molecule has 2 atom stereocenters. The van der Waals surface area contributed by atoms with Gasteiger partial charge in [-0.05, 0) is 30.2 Å². The van der Waals surface area contributed by atoms with Crippen molar-refractivity contribution in [1.82, 2.24) is 10.6 Å². The van der Waals surface area contributed by atoms with Crippen molar-refractivity contribution in [3.63, 3.8) is 0 Å². The molecule has 0 fully saturated rings. The fraction of sp³-hybridized carbons (Fsp3) is 0.222. The molecule has 2 amide bonds. The summed E-state index contributed by atoms with van der Waals surface area (Å²) in [5.74, 6) is -0.928. The highest BCUT2D eigenvalue weighted by molar-refractivity contribution is 5.94. The van der Waals surface area contributed by atoms with Gasteiger partial charge in [-0.2, -0.15) is 0 Å². The predicted molar refractivity (Wildman–Crippen MR) is 126 cm³/mol. The second-order valence-corrected chi connectivity index (χ2v) is 7.55. The van der Waals surface area contributed by atoms with Crippen LogP contribution < -0.4 is 10.6 Å². The highest BCUT2D eigenvalue weighted by atomic mass is 16.5. The van der Waals surface area contributed by atoms with Crippen molar-refractivity contribution in [3.05, 3.63) is 108 Å². The molecular weight excluding hydrogens is 416 g/mol. The summed E-state index contributed by atoms with van der Waals surface area (Å²) in [4.78, 5) is 37.9. The van der Waals surface area contributed by atoms with Crippen LogP contribution in [0.15, 0.2) is 91.0 Å². The molecular formula is C27H28N2O4. The van der Waals surface area contributed by atoms with E-state index in [9.17, 15) is 14.4 Å². The predicted octanol–water partition coefficient (Wildman–Crippen LogP) is 4.36. The molecule has 0 spiro atoms. The number of rotatable bonds is 10. The Kier molecular flexibility index (Phi) is 8.77. The number of benzene rings is 3. The normalized spacial score (nSPS) is 12.3. The maximum atomic E-state index is 13.1. The summed E-state index contributed by atoms with van der Waals surface area (Å²) in [6.45, 7) is 2.02. The van der Waals surface area contributed by atoms with Crippen LogP contribution in [0.3, 0.4) is 0 Å². The van der Waals surface area contributed by atoms with Gasteiger partial charge in [-0.3, -0.25) is 14.4 Å². The zero-order valence-electron chi connectivity index (χ0n) is 18.6. The highest BCUT2D eigenvalue weighted by Gasteiger charge is 2.23. The number of hydrogen-bond acceptors (Lipinski definition) is 4. The molecule has 6 heteroatoms. The lowest BCUT2D eigenvalue weighted by Gasteiger charge is -2.22. The van der Waals surface area contributed by atoms with Crippen molar-refractivity contribution in [1.29, 1.82) is 0 Å². The third-order valence-corrected chi connectivity index (χ3v) is 5.15. The molecule has 0 saturated heterocycles. The Balaban J connectivity index is 1.75. The SMILES string of the molecule is CCOC(=O)C[C@@H](NC(=O)C[C@H](NC(=O)c1ccccc1)c1ccccc1)c1ccccc1. The summed E-state index contributed by atoms with van der Waals surface area (Å²) in [5.41, 5.74) is 2.14. The standard InChI is InChI=1S/C27H28N2O4/c1-2-33-26(31)19-24(21-14-8-4-9-15-21)28-25(30)18-23(20-12-6-3-7-13-20)29-27(32)22-16-10-5-11-17-22/h3-17,23-24H,2,18-19H2,1H3,(H,28,30)(H,29,32)/t23-,24+/m0/s1. The molecule has 3 rings (SSSR count). The van der Waals surface area contributed by atoms with Crippen molar-refractivity contribution < 1.29 is 19.1 Å². The van der Waals surface area contributed by atoms with Gasteiger partial charge in [0.05, 0.1) is 31.5 Å². The zero-order valence-corrected chi connectivity index (χ0v) is 18.6. The van der Waals surface area contributed by atoms with Gasteiger partial charge in [0.25, 0.3) is 5.91 Å². The van der Waals surface area contributed by atoms with Crippen molar-refractivity contribution in [2.45, 2.75) is 31.8 Å². The Morgan fingerprint density at radius 3 is 1.70 bits per heavy atom. The maximum absolute atomic E-state index is 13.1. The van der Waals surface area contributed by atoms with Crippen molar-refractivity contribution in [3.8, 4) is 0 Å². The number of carbonyl (C=O) groups is 3. The van der Waals surface area contributed by atoms with Crippen LogP contribution in [0, 0.1) is 0 Å². The average Bonchev–Trinajstić information content (AvgIpc) is 2.85. The van der Waals surface area contributed by atoms with Gasteiger partial charge in [0, 0.05) is 5.56 Å². The lowest BCUT2D eigenvalue weighted by Crippen LogP contribution is -2.36. The molecule has 0 saturated carbocycles. The van der Waals surface area contributed by atoms with Crippen LogP contribution in [0.1, 0.15) is 53.3 Å². The molecule has 3 aromatic carbocycles. The first kappa shape index (κ1) is 23.7. The number of ether oxygens (including phenoxy) is 1. The molecule has 0 unspecified atom stereocenters. The molecule has 170 valence electrons. The highest BCUT2D eigenvalue weighted by Crippen LogP contribution is 2.21. The molecule has 0 aliphatic rings. The fourth-order valence-corrected chi connectivity index (χ4v) is 3.53. The minimum Gasteiger partial charge on any atom is -0.466 e. The minimum atomic E-state index is -0.530. The van der Waals surface area contributed by atoms with E-state index >= 15 is 0 Å². The third-order valence-electron chi connectivity index (χ3n) is 5.15. The molecule has 0 radical (unpaired) electrons. The summed E-state index contributed by atoms with van der Waals surface area (Å²) in [5, 5.41) is 5.91. The van der Waals surface area contributed by atoms with Gasteiger partial charge in [0.2, 0.25) is 5.91 Å². The Morgan fingerprint density at radius 1 is 0.697 bits per heavy atom. The van der Waals surface area contributed by atoms with Gasteiger partial charge in [0.15, 0.2) is 0 Å². The van der Waals surface area contributed by atoms with Crippen molar-refractivity contribution in [2.75, 3.05) is 6.61 Å². The number of nitrogens with one attached hydrogen (secondary N) is 2. The average molecular weight is 445 g/mol. The first-order chi connectivity index (χ1) is 16.1. The Labute approximate surface area is 194 Å². The molecule has 0 bridgehead atoms. The Morgan fingerprint density at radius 2 is 1.18 bits per heavy atom. The molecule has 2 N–H and O–H groups in total. The molecule has 0 aromatic heterocycles. The van der Waals surface area contributed by atoms with Crippen LogP contribution >= 0.6 is 0 Å². The van der Waals surface area contributed by atoms with E-state index in [0.29, 0.717) is 5.56 Å². The van der Waals surface area contributed by atoms with Gasteiger partial charge in [-0.15, -0.1) is 0 Å². The summed E-state index contributed by atoms with van der Waals surface area (Å²) in [7, 11) is 0. The summed E-state index contributed by atoms with van der Waals surface area (Å²) in [6.07, 6.45) is 0.0463. The summed E-state index contributed by atoms with van der Waals surface area (Å²) < 4.78 is 5.08. The fourth-order valence-electron chi connectivity index (χ4n) is 3.53. The van der Waals surface area contributed by atoms with Crippen molar-refractivity contribution in [2.24, 2.45) is 0 Å². The van der Waals surface area contributed by atoms with Crippen LogP contribution in [-0.4, -0.2) is 24.4 Å². The molecule has 33 heavy (non-hydrogen) atoms. The summed E-state index contributed by atoms with van der Waals surface area (Å²) >= 11 is 0. The molecule has 0 heterocycles. The number of carbonyl (C=O) groups excluding carboxylic acids is 3.